The Balaban J connectivity index is 1.69. The molecule has 0 aliphatic carbocycles. The van der Waals surface area contributed by atoms with Crippen molar-refractivity contribution in [2.75, 3.05) is 4.90 Å². The van der Waals surface area contributed by atoms with Gasteiger partial charge in [0.05, 0.1) is 5.69 Å². The lowest BCUT2D eigenvalue weighted by molar-refractivity contribution is -0.406. The van der Waals surface area contributed by atoms with Gasteiger partial charge in [0.1, 0.15) is 0 Å². The van der Waals surface area contributed by atoms with Gasteiger partial charge in [-0.2, -0.15) is 0 Å². The maximum atomic E-state index is 14.0. The van der Waals surface area contributed by atoms with E-state index >= 15 is 0 Å². The van der Waals surface area contributed by atoms with Crippen LogP contribution in [0.3, 0.4) is 0 Å². The van der Waals surface area contributed by atoms with Gasteiger partial charge in [-0.3, -0.25) is 9.59 Å². The van der Waals surface area contributed by atoms with Crippen molar-refractivity contribution in [3.63, 3.8) is 0 Å². The van der Waals surface area contributed by atoms with Gasteiger partial charge in [-0.15, -0.1) is 0 Å². The molecular formula is C25H18N2O4. The molecule has 0 saturated carbocycles. The van der Waals surface area contributed by atoms with E-state index in [4.69, 9.17) is 14.5 Å². The molecule has 3 aliphatic heterocycles. The summed E-state index contributed by atoms with van der Waals surface area (Å²) in [6.45, 7) is 1.38. The second kappa shape index (κ2) is 5.89. The second-order valence-corrected chi connectivity index (χ2v) is 7.87. The molecule has 3 aromatic rings. The van der Waals surface area contributed by atoms with Crippen LogP contribution >= 0.6 is 0 Å². The number of aliphatic imine (C=N–C) groups is 1. The lowest BCUT2D eigenvalue weighted by Gasteiger charge is -2.61. The van der Waals surface area contributed by atoms with E-state index in [0.717, 1.165) is 11.1 Å². The fourth-order valence-electron chi connectivity index (χ4n) is 5.26. The molecule has 0 bridgehead atoms. The third-order valence-electron chi connectivity index (χ3n) is 6.44. The van der Waals surface area contributed by atoms with Gasteiger partial charge in [0.25, 0.3) is 11.7 Å². The minimum absolute atomic E-state index is 0.374. The molecule has 1 fully saturated rings. The first-order chi connectivity index (χ1) is 15.1. The Hall–Kier alpha value is -3.77. The van der Waals surface area contributed by atoms with Gasteiger partial charge in [-0.1, -0.05) is 78.9 Å². The van der Waals surface area contributed by atoms with Gasteiger partial charge < -0.3 is 9.47 Å². The highest BCUT2D eigenvalue weighted by Gasteiger charge is 2.87. The molecule has 6 rings (SSSR count). The number of hydrogen-bond acceptors (Lipinski definition) is 5. The van der Waals surface area contributed by atoms with E-state index in [9.17, 15) is 9.59 Å². The van der Waals surface area contributed by atoms with Crippen LogP contribution in [0.15, 0.2) is 89.9 Å². The summed E-state index contributed by atoms with van der Waals surface area (Å²) in [5, 5.41) is 0. The zero-order chi connectivity index (χ0) is 21.3. The number of nitrogens with zero attached hydrogens (tertiary/aromatic N) is 2. The first kappa shape index (κ1) is 18.0. The summed E-state index contributed by atoms with van der Waals surface area (Å²) in [7, 11) is 0. The molecule has 0 unspecified atom stereocenters. The number of para-hydroxylation sites is 1. The molecule has 31 heavy (non-hydrogen) atoms. The van der Waals surface area contributed by atoms with E-state index in [-0.39, 0.29) is 5.91 Å². The third kappa shape index (κ3) is 1.85. The van der Waals surface area contributed by atoms with Crippen LogP contribution in [0.25, 0.3) is 0 Å². The first-order valence-electron chi connectivity index (χ1n) is 10.1. The van der Waals surface area contributed by atoms with Crippen LogP contribution in [-0.4, -0.2) is 18.2 Å². The number of hydrogen-bond donors (Lipinski definition) is 0. The third-order valence-corrected chi connectivity index (χ3v) is 6.44. The van der Waals surface area contributed by atoms with Crippen LogP contribution in [0.1, 0.15) is 23.6 Å². The summed E-state index contributed by atoms with van der Waals surface area (Å²) in [5.41, 5.74) is -0.132. The second-order valence-electron chi connectivity index (χ2n) is 7.87. The average Bonchev–Trinajstić information content (AvgIpc) is 3.25. The van der Waals surface area contributed by atoms with Gasteiger partial charge in [0, 0.05) is 18.1 Å². The van der Waals surface area contributed by atoms with Gasteiger partial charge >= 0.3 is 0 Å². The first-order valence-corrected chi connectivity index (χ1v) is 10.1. The molecule has 2 amide bonds. The number of benzene rings is 3. The topological polar surface area (TPSA) is 68.2 Å². The van der Waals surface area contributed by atoms with Crippen LogP contribution in [0.4, 0.5) is 5.69 Å². The van der Waals surface area contributed by atoms with Crippen molar-refractivity contribution in [1.82, 2.24) is 0 Å². The SMILES string of the molecule is CC(=O)N1C(=O)[C@@]2(O[C@@]3(c4ccccc4)OC=N[C@]32c2ccccc2)c2ccccc21. The van der Waals surface area contributed by atoms with Crippen LogP contribution in [0, 0.1) is 0 Å². The van der Waals surface area contributed by atoms with Crippen LogP contribution in [-0.2, 0) is 36.0 Å². The van der Waals surface area contributed by atoms with E-state index in [1.807, 2.05) is 72.8 Å². The van der Waals surface area contributed by atoms with Crippen molar-refractivity contribution in [1.29, 1.82) is 0 Å². The monoisotopic (exact) mass is 410 g/mol. The number of amides is 2. The van der Waals surface area contributed by atoms with Crippen molar-refractivity contribution >= 4 is 23.9 Å². The van der Waals surface area contributed by atoms with Gasteiger partial charge in [-0.05, 0) is 11.6 Å². The van der Waals surface area contributed by atoms with Crippen molar-refractivity contribution in [2.45, 2.75) is 23.9 Å². The minimum Gasteiger partial charge on any atom is -0.445 e. The molecule has 0 radical (unpaired) electrons. The van der Waals surface area contributed by atoms with E-state index in [2.05, 4.69) is 0 Å². The van der Waals surface area contributed by atoms with Crippen molar-refractivity contribution < 1.29 is 19.1 Å². The lowest BCUT2D eigenvalue weighted by atomic mass is 9.59. The van der Waals surface area contributed by atoms with E-state index in [0.29, 0.717) is 11.3 Å². The highest BCUT2D eigenvalue weighted by Crippen LogP contribution is 2.73. The molecule has 1 spiro atoms. The Morgan fingerprint density at radius 2 is 1.48 bits per heavy atom. The van der Waals surface area contributed by atoms with Gasteiger partial charge in [0.15, 0.2) is 6.40 Å². The number of imide groups is 1. The molecule has 1 saturated heterocycles. The molecule has 0 aromatic heterocycles. The maximum absolute atomic E-state index is 14.0. The Labute approximate surface area is 178 Å². The van der Waals surface area contributed by atoms with Gasteiger partial charge in [0.2, 0.25) is 17.0 Å². The highest BCUT2D eigenvalue weighted by atomic mass is 16.7. The number of rotatable bonds is 2. The summed E-state index contributed by atoms with van der Waals surface area (Å²) >= 11 is 0. The Morgan fingerprint density at radius 1 is 0.871 bits per heavy atom. The van der Waals surface area contributed by atoms with E-state index in [1.165, 1.54) is 18.2 Å². The zero-order valence-corrected chi connectivity index (χ0v) is 16.7. The molecule has 3 aromatic carbocycles. The van der Waals surface area contributed by atoms with Crippen molar-refractivity contribution in [3.8, 4) is 0 Å². The average molecular weight is 410 g/mol. The van der Waals surface area contributed by atoms with E-state index in [1.54, 1.807) is 12.1 Å². The number of fused-ring (bicyclic) bond motifs is 4. The normalized spacial score (nSPS) is 30.0. The fourth-order valence-corrected chi connectivity index (χ4v) is 5.26. The molecule has 6 heteroatoms. The largest absolute Gasteiger partial charge is 0.445 e. The molecule has 3 heterocycles. The fraction of sp³-hybridized carbons (Fsp3) is 0.160. The summed E-state index contributed by atoms with van der Waals surface area (Å²) in [5.74, 6) is -2.16. The standard InChI is InChI=1S/C25H18N2O4/c1-17(28)27-21-15-9-8-14-20(21)23(22(27)29)24(18-10-4-2-5-11-18)25(31-23,30-16-26-24)19-12-6-3-7-13-19/h2-16H,1H3/t23-,24-,25+/m0/s1. The summed E-state index contributed by atoms with van der Waals surface area (Å²) in [4.78, 5) is 32.4. The predicted octanol–water partition coefficient (Wildman–Crippen LogP) is 3.61. The number of carbonyl (C=O) groups excluding carboxylic acids is 2. The van der Waals surface area contributed by atoms with Crippen molar-refractivity contribution in [3.05, 3.63) is 102 Å². The Kier molecular flexibility index (Phi) is 3.43. The van der Waals surface area contributed by atoms with Crippen LogP contribution in [0.2, 0.25) is 0 Å². The highest BCUT2D eigenvalue weighted by molar-refractivity contribution is 6.23. The number of anilines is 1. The quantitative estimate of drug-likeness (QED) is 0.647. The van der Waals surface area contributed by atoms with Gasteiger partial charge in [-0.25, -0.2) is 9.89 Å². The molecule has 3 atom stereocenters. The summed E-state index contributed by atoms with van der Waals surface area (Å²) in [6, 6.07) is 26.2. The van der Waals surface area contributed by atoms with E-state index < -0.39 is 22.8 Å². The molecule has 0 N–H and O–H groups in total. The Bertz CT molecular complexity index is 1260. The lowest BCUT2D eigenvalue weighted by Crippen LogP contribution is -2.76. The van der Waals surface area contributed by atoms with Crippen molar-refractivity contribution in [2.24, 2.45) is 4.99 Å². The smallest absolute Gasteiger partial charge is 0.274 e. The molecule has 3 aliphatic rings. The molecule has 152 valence electrons. The zero-order valence-electron chi connectivity index (χ0n) is 16.7. The maximum Gasteiger partial charge on any atom is 0.274 e. The number of ether oxygens (including phenoxy) is 2. The summed E-state index contributed by atoms with van der Waals surface area (Å²) < 4.78 is 12.6. The predicted molar refractivity (Wildman–Crippen MR) is 113 cm³/mol. The summed E-state index contributed by atoms with van der Waals surface area (Å²) in [6.07, 6.45) is 1.36. The van der Waals surface area contributed by atoms with Crippen LogP contribution < -0.4 is 4.90 Å². The Morgan fingerprint density at radius 3 is 2.16 bits per heavy atom. The molecular weight excluding hydrogens is 392 g/mol. The number of carbonyl (C=O) groups is 2. The minimum atomic E-state index is -1.53. The molecule has 6 nitrogen and oxygen atoms in total. The van der Waals surface area contributed by atoms with Crippen LogP contribution in [0.5, 0.6) is 0 Å².